The van der Waals surface area contributed by atoms with Gasteiger partial charge in [-0.05, 0) is 6.42 Å². The molecule has 0 saturated carbocycles. The van der Waals surface area contributed by atoms with Gasteiger partial charge in [-0.1, -0.05) is 6.08 Å². The van der Waals surface area contributed by atoms with E-state index in [0.717, 1.165) is 6.08 Å². The van der Waals surface area contributed by atoms with E-state index in [1.165, 1.54) is 0 Å². The molecule has 0 aromatic carbocycles. The zero-order chi connectivity index (χ0) is 8.48. The molecule has 0 fully saturated rings. The molecule has 0 heterocycles. The van der Waals surface area contributed by atoms with Gasteiger partial charge < -0.3 is 5.11 Å². The molecule has 0 atom stereocenters. The van der Waals surface area contributed by atoms with Crippen LogP contribution in [0.15, 0.2) is 11.6 Å². The first-order valence-electron chi connectivity index (χ1n) is 3.31. The number of carboxylic acid groups (broad SMARTS) is 1. The number of halogens is 2. The highest BCUT2D eigenvalue weighted by molar-refractivity contribution is 5.86. The highest BCUT2D eigenvalue weighted by Crippen LogP contribution is 2.31. The first-order valence-corrected chi connectivity index (χ1v) is 3.31. The first kappa shape index (κ1) is 8.17. The average Bonchev–Trinajstić information content (AvgIpc) is 1.86. The molecule has 0 bridgehead atoms. The molecular formula is C7H8F2O2. The molecule has 11 heavy (non-hydrogen) atoms. The molecule has 62 valence electrons. The summed E-state index contributed by atoms with van der Waals surface area (Å²) in [6.45, 7) is 0. The zero-order valence-electron chi connectivity index (χ0n) is 5.81. The van der Waals surface area contributed by atoms with Gasteiger partial charge in [-0.2, -0.15) is 0 Å². The molecular weight excluding hydrogens is 154 g/mol. The maximum atomic E-state index is 12.4. The van der Waals surface area contributed by atoms with Crippen LogP contribution in [0.4, 0.5) is 8.78 Å². The Bertz CT molecular complexity index is 208. The molecule has 0 aromatic heterocycles. The lowest BCUT2D eigenvalue weighted by Crippen LogP contribution is -2.20. The van der Waals surface area contributed by atoms with Crippen molar-refractivity contribution in [2.45, 2.75) is 25.2 Å². The third-order valence-corrected chi connectivity index (χ3v) is 1.68. The van der Waals surface area contributed by atoms with Gasteiger partial charge in [-0.15, -0.1) is 0 Å². The van der Waals surface area contributed by atoms with E-state index in [-0.39, 0.29) is 18.4 Å². The van der Waals surface area contributed by atoms with E-state index in [2.05, 4.69) is 0 Å². The predicted octanol–water partition coefficient (Wildman–Crippen LogP) is 1.82. The molecule has 1 rings (SSSR count). The highest BCUT2D eigenvalue weighted by Gasteiger charge is 2.32. The van der Waals surface area contributed by atoms with Gasteiger partial charge >= 0.3 is 5.97 Å². The van der Waals surface area contributed by atoms with E-state index in [9.17, 15) is 13.6 Å². The Kier molecular flexibility index (Phi) is 1.93. The van der Waals surface area contributed by atoms with Crippen molar-refractivity contribution in [3.8, 4) is 0 Å². The van der Waals surface area contributed by atoms with Crippen molar-refractivity contribution in [3.63, 3.8) is 0 Å². The van der Waals surface area contributed by atoms with Crippen molar-refractivity contribution in [1.82, 2.24) is 0 Å². The summed E-state index contributed by atoms with van der Waals surface area (Å²) < 4.78 is 24.8. The summed E-state index contributed by atoms with van der Waals surface area (Å²) in [7, 11) is 0. The van der Waals surface area contributed by atoms with Crippen molar-refractivity contribution < 1.29 is 18.7 Å². The molecule has 2 nitrogen and oxygen atoms in total. The standard InChI is InChI=1S/C7H8F2O2/c8-7(9)3-1-5(2-4-7)6(10)11/h1H,2-4H2,(H,10,11). The Morgan fingerprint density at radius 2 is 2.27 bits per heavy atom. The molecule has 0 radical (unpaired) electrons. The van der Waals surface area contributed by atoms with Crippen LogP contribution in [-0.2, 0) is 4.79 Å². The third kappa shape index (κ3) is 2.00. The van der Waals surface area contributed by atoms with Gasteiger partial charge in [0.15, 0.2) is 0 Å². The largest absolute Gasteiger partial charge is 0.478 e. The second-order valence-electron chi connectivity index (χ2n) is 2.59. The van der Waals surface area contributed by atoms with Crippen LogP contribution in [0.2, 0.25) is 0 Å². The van der Waals surface area contributed by atoms with Crippen LogP contribution in [0.1, 0.15) is 19.3 Å². The van der Waals surface area contributed by atoms with Crippen LogP contribution in [-0.4, -0.2) is 17.0 Å². The molecule has 1 aliphatic rings. The monoisotopic (exact) mass is 162 g/mol. The van der Waals surface area contributed by atoms with E-state index < -0.39 is 18.3 Å². The van der Waals surface area contributed by atoms with Crippen LogP contribution in [0.5, 0.6) is 0 Å². The number of hydrogen-bond donors (Lipinski definition) is 1. The van der Waals surface area contributed by atoms with Crippen LogP contribution in [0, 0.1) is 0 Å². The summed E-state index contributed by atoms with van der Waals surface area (Å²) in [6, 6.07) is 0. The van der Waals surface area contributed by atoms with Gasteiger partial charge in [0.05, 0.1) is 0 Å². The molecule has 0 aliphatic heterocycles. The number of carbonyl (C=O) groups is 1. The molecule has 1 aliphatic carbocycles. The molecule has 0 amide bonds. The van der Waals surface area contributed by atoms with Gasteiger partial charge in [0, 0.05) is 18.4 Å². The molecule has 0 spiro atoms. The van der Waals surface area contributed by atoms with Crippen molar-refractivity contribution in [1.29, 1.82) is 0 Å². The Hall–Kier alpha value is -0.930. The van der Waals surface area contributed by atoms with Gasteiger partial charge in [0.25, 0.3) is 5.92 Å². The fraction of sp³-hybridized carbons (Fsp3) is 0.571. The minimum absolute atomic E-state index is 0.0255. The summed E-state index contributed by atoms with van der Waals surface area (Å²) in [6.07, 6.45) is 0.300. The molecule has 0 saturated heterocycles. The van der Waals surface area contributed by atoms with Crippen molar-refractivity contribution in [3.05, 3.63) is 11.6 Å². The quantitative estimate of drug-likeness (QED) is 0.638. The summed E-state index contributed by atoms with van der Waals surface area (Å²) in [5, 5.41) is 8.40. The van der Waals surface area contributed by atoms with Crippen LogP contribution in [0.25, 0.3) is 0 Å². The van der Waals surface area contributed by atoms with E-state index in [1.807, 2.05) is 0 Å². The van der Waals surface area contributed by atoms with Crippen molar-refractivity contribution in [2.75, 3.05) is 0 Å². The van der Waals surface area contributed by atoms with E-state index in [4.69, 9.17) is 5.11 Å². The van der Waals surface area contributed by atoms with E-state index in [1.54, 1.807) is 0 Å². The lowest BCUT2D eigenvalue weighted by molar-refractivity contribution is -0.133. The van der Waals surface area contributed by atoms with Crippen molar-refractivity contribution in [2.24, 2.45) is 0 Å². The third-order valence-electron chi connectivity index (χ3n) is 1.68. The highest BCUT2D eigenvalue weighted by atomic mass is 19.3. The maximum Gasteiger partial charge on any atom is 0.331 e. The minimum Gasteiger partial charge on any atom is -0.478 e. The summed E-state index contributed by atoms with van der Waals surface area (Å²) in [4.78, 5) is 10.3. The molecule has 0 unspecified atom stereocenters. The number of rotatable bonds is 1. The Morgan fingerprint density at radius 1 is 1.64 bits per heavy atom. The Morgan fingerprint density at radius 3 is 2.64 bits per heavy atom. The minimum atomic E-state index is -2.70. The first-order chi connectivity index (χ1) is 5.01. The Labute approximate surface area is 62.5 Å². The fourth-order valence-corrected chi connectivity index (χ4v) is 0.988. The normalized spacial score (nSPS) is 22.5. The topological polar surface area (TPSA) is 37.3 Å². The lowest BCUT2D eigenvalue weighted by Gasteiger charge is -2.19. The lowest BCUT2D eigenvalue weighted by atomic mass is 9.97. The molecule has 4 heteroatoms. The van der Waals surface area contributed by atoms with E-state index >= 15 is 0 Å². The van der Waals surface area contributed by atoms with Crippen LogP contribution in [0.3, 0.4) is 0 Å². The van der Waals surface area contributed by atoms with Gasteiger partial charge in [0.2, 0.25) is 0 Å². The average molecular weight is 162 g/mol. The molecule has 0 aromatic rings. The number of carboxylic acids is 1. The second-order valence-corrected chi connectivity index (χ2v) is 2.59. The Balaban J connectivity index is 2.65. The number of hydrogen-bond acceptors (Lipinski definition) is 1. The van der Waals surface area contributed by atoms with Gasteiger partial charge in [-0.3, -0.25) is 0 Å². The second kappa shape index (κ2) is 2.60. The van der Waals surface area contributed by atoms with Crippen molar-refractivity contribution >= 4 is 5.97 Å². The number of aliphatic carboxylic acids is 1. The smallest absolute Gasteiger partial charge is 0.331 e. The summed E-state index contributed by atoms with van der Waals surface area (Å²) >= 11 is 0. The summed E-state index contributed by atoms with van der Waals surface area (Å²) in [5.41, 5.74) is 0.107. The fourth-order valence-electron chi connectivity index (χ4n) is 0.988. The maximum absolute atomic E-state index is 12.4. The van der Waals surface area contributed by atoms with Gasteiger partial charge in [-0.25, -0.2) is 13.6 Å². The van der Waals surface area contributed by atoms with Gasteiger partial charge in [0.1, 0.15) is 0 Å². The predicted molar refractivity (Wildman–Crippen MR) is 34.5 cm³/mol. The van der Waals surface area contributed by atoms with Crippen LogP contribution < -0.4 is 0 Å². The molecule has 1 N–H and O–H groups in total. The van der Waals surface area contributed by atoms with Crippen LogP contribution >= 0.6 is 0 Å². The number of allylic oxidation sites excluding steroid dienone is 1. The number of alkyl halides is 2. The SMILES string of the molecule is O=C(O)C1=CCC(F)(F)CC1. The zero-order valence-corrected chi connectivity index (χ0v) is 5.81. The van der Waals surface area contributed by atoms with E-state index in [0.29, 0.717) is 0 Å². The summed E-state index contributed by atoms with van der Waals surface area (Å²) in [5.74, 6) is -3.78.